The van der Waals surface area contributed by atoms with E-state index in [1.54, 1.807) is 0 Å². The normalized spacial score (nSPS) is 43.0. The maximum Gasteiger partial charge on any atom is 0.0836 e. The summed E-state index contributed by atoms with van der Waals surface area (Å²) in [5.41, 5.74) is 0. The second kappa shape index (κ2) is 4.21. The van der Waals surface area contributed by atoms with Crippen LogP contribution in [0.1, 0.15) is 20.3 Å². The quantitative estimate of drug-likeness (QED) is 0.637. The molecule has 1 saturated heterocycles. The van der Waals surface area contributed by atoms with Crippen LogP contribution in [0.3, 0.4) is 0 Å². The predicted molar refractivity (Wildman–Crippen MR) is 45.8 cm³/mol. The highest BCUT2D eigenvalue weighted by molar-refractivity contribution is 4.80. The van der Waals surface area contributed by atoms with Crippen LogP contribution in [-0.4, -0.2) is 35.6 Å². The molecule has 1 fully saturated rings. The summed E-state index contributed by atoms with van der Waals surface area (Å²) in [6, 6.07) is 0. The standard InChI is InChI=1S/C9H18O3/c1-6-3-7(2)9(5-11)12-8(6)4-10/h6-11H,3-5H2,1-2H3/t6-,7?,8?,9-/m0/s1. The van der Waals surface area contributed by atoms with Crippen LogP contribution in [0.5, 0.6) is 0 Å². The molecule has 3 nitrogen and oxygen atoms in total. The zero-order valence-electron chi connectivity index (χ0n) is 7.73. The van der Waals surface area contributed by atoms with E-state index in [1.165, 1.54) is 0 Å². The first kappa shape index (κ1) is 9.96. The van der Waals surface area contributed by atoms with Crippen molar-refractivity contribution in [3.05, 3.63) is 0 Å². The van der Waals surface area contributed by atoms with Crippen molar-refractivity contribution in [2.24, 2.45) is 11.8 Å². The van der Waals surface area contributed by atoms with Crippen molar-refractivity contribution < 1.29 is 14.9 Å². The Hall–Kier alpha value is -0.120. The molecule has 0 aromatic rings. The monoisotopic (exact) mass is 174 g/mol. The van der Waals surface area contributed by atoms with Gasteiger partial charge in [0, 0.05) is 0 Å². The van der Waals surface area contributed by atoms with Crippen molar-refractivity contribution in [2.75, 3.05) is 13.2 Å². The molecule has 0 aliphatic carbocycles. The Labute approximate surface area is 73.4 Å². The molecule has 2 unspecified atom stereocenters. The van der Waals surface area contributed by atoms with E-state index in [9.17, 15) is 0 Å². The molecule has 1 heterocycles. The highest BCUT2D eigenvalue weighted by Gasteiger charge is 2.32. The largest absolute Gasteiger partial charge is 0.394 e. The van der Waals surface area contributed by atoms with E-state index in [4.69, 9.17) is 14.9 Å². The summed E-state index contributed by atoms with van der Waals surface area (Å²) in [5, 5.41) is 17.9. The van der Waals surface area contributed by atoms with Gasteiger partial charge in [0.2, 0.25) is 0 Å². The van der Waals surface area contributed by atoms with Gasteiger partial charge in [-0.3, -0.25) is 0 Å². The molecule has 1 aliphatic rings. The molecule has 2 N–H and O–H groups in total. The Morgan fingerprint density at radius 1 is 1.08 bits per heavy atom. The second-order valence-electron chi connectivity index (χ2n) is 3.77. The molecule has 1 rings (SSSR count). The Kier molecular flexibility index (Phi) is 3.50. The van der Waals surface area contributed by atoms with Gasteiger partial charge in [0.05, 0.1) is 25.4 Å². The first-order valence-corrected chi connectivity index (χ1v) is 4.56. The van der Waals surface area contributed by atoms with Crippen molar-refractivity contribution in [3.63, 3.8) is 0 Å². The van der Waals surface area contributed by atoms with Crippen molar-refractivity contribution in [3.8, 4) is 0 Å². The van der Waals surface area contributed by atoms with Gasteiger partial charge in [-0.1, -0.05) is 13.8 Å². The molecule has 72 valence electrons. The smallest absolute Gasteiger partial charge is 0.0836 e. The highest BCUT2D eigenvalue weighted by atomic mass is 16.5. The number of hydrogen-bond donors (Lipinski definition) is 2. The van der Waals surface area contributed by atoms with Crippen LogP contribution >= 0.6 is 0 Å². The average Bonchev–Trinajstić information content (AvgIpc) is 2.05. The summed E-state index contributed by atoms with van der Waals surface area (Å²) in [5.74, 6) is 0.792. The minimum absolute atomic E-state index is 0.0599. The number of hydrogen-bond acceptors (Lipinski definition) is 3. The van der Waals surface area contributed by atoms with E-state index in [0.717, 1.165) is 6.42 Å². The lowest BCUT2D eigenvalue weighted by atomic mass is 9.86. The molecule has 3 heteroatoms. The number of aliphatic hydroxyl groups is 2. The van der Waals surface area contributed by atoms with Gasteiger partial charge >= 0.3 is 0 Å². The summed E-state index contributed by atoms with van der Waals surface area (Å²) in [7, 11) is 0. The summed E-state index contributed by atoms with van der Waals surface area (Å²) in [4.78, 5) is 0. The van der Waals surface area contributed by atoms with Crippen molar-refractivity contribution in [2.45, 2.75) is 32.5 Å². The molecule has 0 radical (unpaired) electrons. The molecule has 0 bridgehead atoms. The van der Waals surface area contributed by atoms with E-state index in [-0.39, 0.29) is 25.4 Å². The van der Waals surface area contributed by atoms with Crippen LogP contribution in [-0.2, 0) is 4.74 Å². The lowest BCUT2D eigenvalue weighted by Gasteiger charge is -2.37. The Morgan fingerprint density at radius 3 is 1.83 bits per heavy atom. The molecular formula is C9H18O3. The highest BCUT2D eigenvalue weighted by Crippen LogP contribution is 2.28. The van der Waals surface area contributed by atoms with Crippen molar-refractivity contribution in [1.82, 2.24) is 0 Å². The van der Waals surface area contributed by atoms with Gasteiger partial charge in [0.15, 0.2) is 0 Å². The van der Waals surface area contributed by atoms with Crippen LogP contribution in [0.2, 0.25) is 0 Å². The van der Waals surface area contributed by atoms with E-state index in [1.807, 2.05) is 0 Å². The fourth-order valence-electron chi connectivity index (χ4n) is 1.83. The number of rotatable bonds is 2. The van der Waals surface area contributed by atoms with Crippen LogP contribution in [0, 0.1) is 11.8 Å². The molecular weight excluding hydrogens is 156 g/mol. The maximum absolute atomic E-state index is 8.95. The molecule has 12 heavy (non-hydrogen) atoms. The Balaban J connectivity index is 2.50. The third kappa shape index (κ3) is 1.97. The van der Waals surface area contributed by atoms with Gasteiger partial charge < -0.3 is 14.9 Å². The topological polar surface area (TPSA) is 49.7 Å². The molecule has 4 atom stereocenters. The SMILES string of the molecule is CC1C[C@H](C)C(CO)O[C@H]1CO. The third-order valence-electron chi connectivity index (χ3n) is 2.72. The van der Waals surface area contributed by atoms with Crippen LogP contribution in [0.25, 0.3) is 0 Å². The van der Waals surface area contributed by atoms with Crippen LogP contribution in [0.15, 0.2) is 0 Å². The summed E-state index contributed by atoms with van der Waals surface area (Å²) < 4.78 is 5.51. The van der Waals surface area contributed by atoms with Gasteiger partial charge in [-0.15, -0.1) is 0 Å². The zero-order valence-corrected chi connectivity index (χ0v) is 7.73. The van der Waals surface area contributed by atoms with Gasteiger partial charge in [0.25, 0.3) is 0 Å². The molecule has 0 aromatic heterocycles. The average molecular weight is 174 g/mol. The van der Waals surface area contributed by atoms with Gasteiger partial charge in [-0.2, -0.15) is 0 Å². The molecule has 0 spiro atoms. The number of aliphatic hydroxyl groups excluding tert-OH is 2. The molecule has 0 aromatic carbocycles. The van der Waals surface area contributed by atoms with Gasteiger partial charge in [-0.25, -0.2) is 0 Å². The lowest BCUT2D eigenvalue weighted by molar-refractivity contribution is -0.138. The zero-order chi connectivity index (χ0) is 9.14. The van der Waals surface area contributed by atoms with Crippen molar-refractivity contribution >= 4 is 0 Å². The van der Waals surface area contributed by atoms with Crippen LogP contribution < -0.4 is 0 Å². The summed E-state index contributed by atoms with van der Waals surface area (Å²) in [6.45, 7) is 4.27. The van der Waals surface area contributed by atoms with E-state index >= 15 is 0 Å². The van der Waals surface area contributed by atoms with Crippen molar-refractivity contribution in [1.29, 1.82) is 0 Å². The van der Waals surface area contributed by atoms with E-state index in [0.29, 0.717) is 11.8 Å². The molecule has 0 saturated carbocycles. The minimum Gasteiger partial charge on any atom is -0.394 e. The summed E-state index contributed by atoms with van der Waals surface area (Å²) >= 11 is 0. The Bertz CT molecular complexity index is 124. The second-order valence-corrected chi connectivity index (χ2v) is 3.77. The maximum atomic E-state index is 8.95. The first-order chi connectivity index (χ1) is 5.69. The lowest BCUT2D eigenvalue weighted by Crippen LogP contribution is -2.42. The first-order valence-electron chi connectivity index (χ1n) is 4.56. The van der Waals surface area contributed by atoms with Gasteiger partial charge in [0.1, 0.15) is 0 Å². The Morgan fingerprint density at radius 2 is 1.50 bits per heavy atom. The molecule has 0 amide bonds. The predicted octanol–water partition coefficient (Wildman–Crippen LogP) is 0.401. The van der Waals surface area contributed by atoms with E-state index in [2.05, 4.69) is 13.8 Å². The van der Waals surface area contributed by atoms with E-state index < -0.39 is 0 Å². The van der Waals surface area contributed by atoms with Gasteiger partial charge in [-0.05, 0) is 18.3 Å². The molecule has 1 aliphatic heterocycles. The minimum atomic E-state index is -0.0849. The van der Waals surface area contributed by atoms with Crippen LogP contribution in [0.4, 0.5) is 0 Å². The fourth-order valence-corrected chi connectivity index (χ4v) is 1.83. The number of ether oxygens (including phenoxy) is 1. The summed E-state index contributed by atoms with van der Waals surface area (Å²) in [6.07, 6.45) is 0.855. The fraction of sp³-hybridized carbons (Fsp3) is 1.00. The third-order valence-corrected chi connectivity index (χ3v) is 2.72.